The van der Waals surface area contributed by atoms with Crippen molar-refractivity contribution in [3.05, 3.63) is 24.0 Å². The van der Waals surface area contributed by atoms with Crippen LogP contribution >= 0.6 is 0 Å². The predicted molar refractivity (Wildman–Crippen MR) is 78.9 cm³/mol. The van der Waals surface area contributed by atoms with Gasteiger partial charge in [-0.1, -0.05) is 6.92 Å². The molecular weight excluding hydrogens is 254 g/mol. The summed E-state index contributed by atoms with van der Waals surface area (Å²) in [5.74, 6) is -0.131. The molecule has 1 fully saturated rings. The lowest BCUT2D eigenvalue weighted by molar-refractivity contribution is 0.0300. The highest BCUT2D eigenvalue weighted by atomic mass is 16.5. The minimum absolute atomic E-state index is 0.131. The van der Waals surface area contributed by atoms with Gasteiger partial charge in [0.1, 0.15) is 5.69 Å². The number of carbonyl (C=O) groups is 1. The van der Waals surface area contributed by atoms with E-state index in [1.54, 1.807) is 12.3 Å². The first-order valence-corrected chi connectivity index (χ1v) is 7.19. The van der Waals surface area contributed by atoms with Crippen molar-refractivity contribution in [2.45, 2.75) is 26.7 Å². The molecule has 2 rings (SSSR count). The molecule has 1 aliphatic heterocycles. The Hall–Kier alpha value is -1.62. The fourth-order valence-corrected chi connectivity index (χ4v) is 2.27. The van der Waals surface area contributed by atoms with Gasteiger partial charge in [0.05, 0.1) is 0 Å². The number of aromatic nitrogens is 1. The van der Waals surface area contributed by atoms with Crippen molar-refractivity contribution in [3.8, 4) is 0 Å². The zero-order valence-corrected chi connectivity index (χ0v) is 12.2. The average molecular weight is 277 g/mol. The Morgan fingerprint density at radius 1 is 1.45 bits per heavy atom. The van der Waals surface area contributed by atoms with Gasteiger partial charge < -0.3 is 15.4 Å². The first kappa shape index (κ1) is 14.8. The van der Waals surface area contributed by atoms with Crippen LogP contribution in [0.1, 0.15) is 37.2 Å². The number of nitrogens with zero attached hydrogens (tertiary/aromatic N) is 1. The first-order valence-electron chi connectivity index (χ1n) is 7.19. The summed E-state index contributed by atoms with van der Waals surface area (Å²) < 4.78 is 5.40. The van der Waals surface area contributed by atoms with Crippen LogP contribution in [0.5, 0.6) is 0 Å². The molecule has 0 atom stereocenters. The number of ether oxygens (including phenoxy) is 1. The van der Waals surface area contributed by atoms with Crippen molar-refractivity contribution in [2.24, 2.45) is 5.41 Å². The van der Waals surface area contributed by atoms with E-state index in [-0.39, 0.29) is 11.3 Å². The third-order valence-electron chi connectivity index (χ3n) is 3.75. The lowest BCUT2D eigenvalue weighted by Gasteiger charge is -2.33. The highest BCUT2D eigenvalue weighted by Crippen LogP contribution is 2.29. The maximum absolute atomic E-state index is 11.7. The van der Waals surface area contributed by atoms with E-state index in [2.05, 4.69) is 22.5 Å². The van der Waals surface area contributed by atoms with Crippen molar-refractivity contribution >= 4 is 11.6 Å². The van der Waals surface area contributed by atoms with E-state index in [9.17, 15) is 4.79 Å². The second-order valence-electron chi connectivity index (χ2n) is 5.57. The molecule has 0 aliphatic carbocycles. The lowest BCUT2D eigenvalue weighted by atomic mass is 9.82. The van der Waals surface area contributed by atoms with E-state index >= 15 is 0 Å². The number of hydrogen-bond acceptors (Lipinski definition) is 4. The van der Waals surface area contributed by atoms with Crippen LogP contribution in [0.2, 0.25) is 0 Å². The highest BCUT2D eigenvalue weighted by molar-refractivity contribution is 5.93. The van der Waals surface area contributed by atoms with E-state index in [4.69, 9.17) is 4.74 Å². The summed E-state index contributed by atoms with van der Waals surface area (Å²) in [6.45, 7) is 7.32. The third-order valence-corrected chi connectivity index (χ3v) is 3.75. The molecule has 5 heteroatoms. The molecule has 1 aliphatic rings. The van der Waals surface area contributed by atoms with Gasteiger partial charge in [0.25, 0.3) is 5.91 Å². The van der Waals surface area contributed by atoms with Crippen LogP contribution in [0, 0.1) is 5.41 Å². The SMILES string of the molecule is CCNC(=O)c1cc(NCC2(C)CCOCC2)ccn1. The van der Waals surface area contributed by atoms with Gasteiger partial charge in [-0.2, -0.15) is 0 Å². The minimum Gasteiger partial charge on any atom is -0.384 e. The maximum Gasteiger partial charge on any atom is 0.269 e. The van der Waals surface area contributed by atoms with Gasteiger partial charge >= 0.3 is 0 Å². The average Bonchev–Trinajstić information content (AvgIpc) is 2.47. The summed E-state index contributed by atoms with van der Waals surface area (Å²) in [5.41, 5.74) is 1.65. The lowest BCUT2D eigenvalue weighted by Crippen LogP contribution is -2.33. The van der Waals surface area contributed by atoms with Gasteiger partial charge in [-0.3, -0.25) is 9.78 Å². The van der Waals surface area contributed by atoms with E-state index in [1.807, 2.05) is 13.0 Å². The number of anilines is 1. The highest BCUT2D eigenvalue weighted by Gasteiger charge is 2.27. The van der Waals surface area contributed by atoms with Gasteiger partial charge in [-0.25, -0.2) is 0 Å². The van der Waals surface area contributed by atoms with Gasteiger partial charge in [0.15, 0.2) is 0 Å². The Bertz CT molecular complexity index is 456. The quantitative estimate of drug-likeness (QED) is 0.864. The standard InChI is InChI=1S/C15H23N3O2/c1-3-16-14(19)13-10-12(4-7-17-13)18-11-15(2)5-8-20-9-6-15/h4,7,10H,3,5-6,8-9,11H2,1-2H3,(H,16,19)(H,17,18). The Morgan fingerprint density at radius 2 is 2.20 bits per heavy atom. The Balaban J connectivity index is 1.95. The number of nitrogens with one attached hydrogen (secondary N) is 2. The van der Waals surface area contributed by atoms with Crippen molar-refractivity contribution < 1.29 is 9.53 Å². The Labute approximate surface area is 120 Å². The van der Waals surface area contributed by atoms with Crippen LogP contribution in [-0.2, 0) is 4.74 Å². The van der Waals surface area contributed by atoms with E-state index in [0.29, 0.717) is 12.2 Å². The normalized spacial score (nSPS) is 17.5. The molecule has 20 heavy (non-hydrogen) atoms. The zero-order chi connectivity index (χ0) is 14.4. The second kappa shape index (κ2) is 6.70. The molecular formula is C15H23N3O2. The first-order chi connectivity index (χ1) is 9.63. The number of carbonyl (C=O) groups excluding carboxylic acids is 1. The minimum atomic E-state index is -0.131. The number of hydrogen-bond donors (Lipinski definition) is 2. The molecule has 2 N–H and O–H groups in total. The Kier molecular flexibility index (Phi) is 4.95. The van der Waals surface area contributed by atoms with Crippen LogP contribution in [0.25, 0.3) is 0 Å². The number of amides is 1. The van der Waals surface area contributed by atoms with Gasteiger partial charge in [-0.05, 0) is 37.3 Å². The molecule has 2 heterocycles. The molecule has 1 aromatic rings. The van der Waals surface area contributed by atoms with Crippen LogP contribution in [0.3, 0.4) is 0 Å². The van der Waals surface area contributed by atoms with Gasteiger partial charge in [0.2, 0.25) is 0 Å². The van der Waals surface area contributed by atoms with Crippen molar-refractivity contribution in [1.29, 1.82) is 0 Å². The molecule has 1 aromatic heterocycles. The van der Waals surface area contributed by atoms with E-state index < -0.39 is 0 Å². The van der Waals surface area contributed by atoms with Crippen LogP contribution in [0.15, 0.2) is 18.3 Å². The van der Waals surface area contributed by atoms with Crippen molar-refractivity contribution in [2.75, 3.05) is 31.6 Å². The van der Waals surface area contributed by atoms with Crippen molar-refractivity contribution in [1.82, 2.24) is 10.3 Å². The maximum atomic E-state index is 11.7. The summed E-state index contributed by atoms with van der Waals surface area (Å²) in [5, 5.41) is 6.17. The largest absolute Gasteiger partial charge is 0.384 e. The summed E-state index contributed by atoms with van der Waals surface area (Å²) >= 11 is 0. The van der Waals surface area contributed by atoms with E-state index in [1.165, 1.54) is 0 Å². The number of pyridine rings is 1. The molecule has 1 amide bonds. The molecule has 0 unspecified atom stereocenters. The fraction of sp³-hybridized carbons (Fsp3) is 0.600. The summed E-state index contributed by atoms with van der Waals surface area (Å²) in [4.78, 5) is 15.8. The topological polar surface area (TPSA) is 63.2 Å². The molecule has 0 saturated carbocycles. The summed E-state index contributed by atoms with van der Waals surface area (Å²) in [7, 11) is 0. The fourth-order valence-electron chi connectivity index (χ4n) is 2.27. The molecule has 0 aromatic carbocycles. The smallest absolute Gasteiger partial charge is 0.269 e. The predicted octanol–water partition coefficient (Wildman–Crippen LogP) is 2.06. The molecule has 1 saturated heterocycles. The second-order valence-corrected chi connectivity index (χ2v) is 5.57. The molecule has 110 valence electrons. The third kappa shape index (κ3) is 3.93. The monoisotopic (exact) mass is 277 g/mol. The molecule has 0 spiro atoms. The number of rotatable bonds is 5. The summed E-state index contributed by atoms with van der Waals surface area (Å²) in [6, 6.07) is 3.69. The summed E-state index contributed by atoms with van der Waals surface area (Å²) in [6.07, 6.45) is 3.79. The molecule has 5 nitrogen and oxygen atoms in total. The van der Waals surface area contributed by atoms with Crippen LogP contribution in [-0.4, -0.2) is 37.2 Å². The Morgan fingerprint density at radius 3 is 2.90 bits per heavy atom. The molecule has 0 radical (unpaired) electrons. The van der Waals surface area contributed by atoms with Gasteiger partial charge in [0, 0.05) is 38.2 Å². The van der Waals surface area contributed by atoms with Crippen molar-refractivity contribution in [3.63, 3.8) is 0 Å². The van der Waals surface area contributed by atoms with Crippen LogP contribution in [0.4, 0.5) is 5.69 Å². The van der Waals surface area contributed by atoms with Crippen LogP contribution < -0.4 is 10.6 Å². The van der Waals surface area contributed by atoms with E-state index in [0.717, 1.165) is 38.3 Å². The van der Waals surface area contributed by atoms with Gasteiger partial charge in [-0.15, -0.1) is 0 Å². The zero-order valence-electron chi connectivity index (χ0n) is 12.2. The molecule has 0 bridgehead atoms.